The third-order valence-electron chi connectivity index (χ3n) is 5.07. The molecule has 0 atom stereocenters. The molecule has 150 valence electrons. The highest BCUT2D eigenvalue weighted by Crippen LogP contribution is 2.41. The van der Waals surface area contributed by atoms with E-state index in [0.29, 0.717) is 26.3 Å². The number of imide groups is 1. The minimum Gasteiger partial charge on any atom is -0.366 e. The van der Waals surface area contributed by atoms with E-state index in [1.54, 1.807) is 36.4 Å². The summed E-state index contributed by atoms with van der Waals surface area (Å²) in [5.74, 6) is -0.635. The summed E-state index contributed by atoms with van der Waals surface area (Å²) >= 11 is 13.6. The van der Waals surface area contributed by atoms with Crippen molar-refractivity contribution in [1.82, 2.24) is 4.90 Å². The molecule has 2 aromatic carbocycles. The summed E-state index contributed by atoms with van der Waals surface area (Å²) in [6.45, 7) is 1.55. The molecule has 7 heteroatoms. The maximum absolute atomic E-state index is 13.4. The molecule has 2 aromatic rings. The predicted molar refractivity (Wildman–Crippen MR) is 118 cm³/mol. The van der Waals surface area contributed by atoms with Gasteiger partial charge in [0, 0.05) is 23.0 Å². The van der Waals surface area contributed by atoms with Gasteiger partial charge in [-0.3, -0.25) is 9.59 Å². The second kappa shape index (κ2) is 8.82. The first-order valence-electron chi connectivity index (χ1n) is 9.62. The summed E-state index contributed by atoms with van der Waals surface area (Å²) in [7, 11) is 0. The minimum atomic E-state index is -0.331. The quantitative estimate of drug-likeness (QED) is 0.560. The smallest absolute Gasteiger partial charge is 0.283 e. The summed E-state index contributed by atoms with van der Waals surface area (Å²) in [5, 5.41) is 1.00. The molecule has 0 N–H and O–H groups in total. The summed E-state index contributed by atoms with van der Waals surface area (Å²) in [6.07, 6.45) is 4.30. The van der Waals surface area contributed by atoms with Crippen LogP contribution < -0.4 is 4.90 Å². The topological polar surface area (TPSA) is 40.6 Å². The number of benzene rings is 2. The molecule has 0 radical (unpaired) electrons. The lowest BCUT2D eigenvalue weighted by molar-refractivity contribution is -0.121. The first kappa shape index (κ1) is 20.3. The lowest BCUT2D eigenvalue weighted by Gasteiger charge is -2.24. The fourth-order valence-corrected chi connectivity index (χ4v) is 4.98. The molecule has 0 saturated carbocycles. The molecule has 0 spiro atoms. The number of rotatable bonds is 4. The van der Waals surface area contributed by atoms with Crippen molar-refractivity contribution in [1.29, 1.82) is 0 Å². The van der Waals surface area contributed by atoms with E-state index < -0.39 is 0 Å². The van der Waals surface area contributed by atoms with Crippen LogP contribution in [-0.4, -0.2) is 29.8 Å². The van der Waals surface area contributed by atoms with Crippen LogP contribution in [0.5, 0.6) is 0 Å². The summed E-state index contributed by atoms with van der Waals surface area (Å²) < 4.78 is 0. The Labute approximate surface area is 184 Å². The van der Waals surface area contributed by atoms with Gasteiger partial charge in [0.05, 0.1) is 10.7 Å². The molecule has 0 aromatic heterocycles. The third kappa shape index (κ3) is 4.18. The molecule has 0 unspecified atom stereocenters. The molecular formula is C22H20Cl2N2O2S. The Hall–Kier alpha value is -1.95. The van der Waals surface area contributed by atoms with Crippen molar-refractivity contribution in [2.45, 2.75) is 30.6 Å². The van der Waals surface area contributed by atoms with Crippen molar-refractivity contribution in [3.8, 4) is 0 Å². The van der Waals surface area contributed by atoms with Gasteiger partial charge in [-0.05, 0) is 49.2 Å². The number of hydrogen-bond donors (Lipinski definition) is 0. The van der Waals surface area contributed by atoms with E-state index in [9.17, 15) is 9.59 Å². The number of carbonyl (C=O) groups excluding carboxylic acids is 2. The lowest BCUT2D eigenvalue weighted by Crippen LogP contribution is -2.35. The van der Waals surface area contributed by atoms with Gasteiger partial charge in [0.1, 0.15) is 10.6 Å². The second-order valence-corrected chi connectivity index (χ2v) is 8.96. The van der Waals surface area contributed by atoms with Crippen LogP contribution in [-0.2, 0) is 9.59 Å². The van der Waals surface area contributed by atoms with Crippen LogP contribution in [0.15, 0.2) is 64.0 Å². The molecular weight excluding hydrogens is 427 g/mol. The summed E-state index contributed by atoms with van der Waals surface area (Å²) in [5.41, 5.74) is 0.903. The largest absolute Gasteiger partial charge is 0.366 e. The number of anilines is 1. The number of likely N-dealkylation sites (tertiary alicyclic amines) is 1. The molecule has 4 nitrogen and oxygen atoms in total. The number of para-hydroxylation sites is 1. The fourth-order valence-electron chi connectivity index (χ4n) is 3.64. The highest BCUT2D eigenvalue weighted by atomic mass is 35.5. The number of amides is 2. The average molecular weight is 447 g/mol. The van der Waals surface area contributed by atoms with Gasteiger partial charge in [0.25, 0.3) is 11.8 Å². The predicted octanol–water partition coefficient (Wildman–Crippen LogP) is 5.75. The van der Waals surface area contributed by atoms with Crippen molar-refractivity contribution < 1.29 is 9.59 Å². The van der Waals surface area contributed by atoms with Crippen LogP contribution in [0, 0.1) is 0 Å². The van der Waals surface area contributed by atoms with Crippen molar-refractivity contribution in [3.63, 3.8) is 0 Å². The zero-order valence-corrected chi connectivity index (χ0v) is 18.1. The standard InChI is InChI=1S/C22H20Cl2N2O2S/c23-15-9-11-16(12-10-15)29-20-19(25-13-5-1-2-6-14-25)21(27)26(22(20)28)18-8-4-3-7-17(18)24/h3-4,7-12H,1-2,5-6,13-14H2. The van der Waals surface area contributed by atoms with E-state index in [1.807, 2.05) is 12.1 Å². The van der Waals surface area contributed by atoms with Crippen LogP contribution in [0.25, 0.3) is 0 Å². The van der Waals surface area contributed by atoms with Gasteiger partial charge in [0.15, 0.2) is 0 Å². The molecule has 1 saturated heterocycles. The van der Waals surface area contributed by atoms with Crippen LogP contribution in [0.2, 0.25) is 10.0 Å². The molecule has 4 rings (SSSR count). The number of carbonyl (C=O) groups is 2. The van der Waals surface area contributed by atoms with Gasteiger partial charge in [0.2, 0.25) is 0 Å². The number of nitrogens with zero attached hydrogens (tertiary/aromatic N) is 2. The Morgan fingerprint density at radius 2 is 1.45 bits per heavy atom. The van der Waals surface area contributed by atoms with Gasteiger partial charge < -0.3 is 4.90 Å². The van der Waals surface area contributed by atoms with Crippen LogP contribution in [0.4, 0.5) is 5.69 Å². The van der Waals surface area contributed by atoms with Crippen molar-refractivity contribution >= 4 is 52.5 Å². The molecule has 1 fully saturated rings. The normalized spacial score (nSPS) is 17.9. The molecule has 2 aliphatic heterocycles. The van der Waals surface area contributed by atoms with Crippen molar-refractivity contribution in [2.75, 3.05) is 18.0 Å². The van der Waals surface area contributed by atoms with Gasteiger partial charge in [-0.2, -0.15) is 0 Å². The maximum Gasteiger partial charge on any atom is 0.283 e. The second-order valence-electron chi connectivity index (χ2n) is 7.03. The Morgan fingerprint density at radius 3 is 2.10 bits per heavy atom. The minimum absolute atomic E-state index is 0.304. The summed E-state index contributed by atoms with van der Waals surface area (Å²) in [6, 6.07) is 14.2. The highest BCUT2D eigenvalue weighted by Gasteiger charge is 2.43. The van der Waals surface area contributed by atoms with Crippen LogP contribution in [0.1, 0.15) is 25.7 Å². The number of halogens is 2. The molecule has 2 heterocycles. The van der Waals surface area contributed by atoms with E-state index in [4.69, 9.17) is 23.2 Å². The average Bonchev–Trinajstić information content (AvgIpc) is 2.89. The zero-order chi connectivity index (χ0) is 20.4. The lowest BCUT2D eigenvalue weighted by atomic mass is 10.2. The first-order valence-corrected chi connectivity index (χ1v) is 11.2. The van der Waals surface area contributed by atoms with E-state index in [2.05, 4.69) is 4.90 Å². The molecule has 29 heavy (non-hydrogen) atoms. The van der Waals surface area contributed by atoms with Gasteiger partial charge >= 0.3 is 0 Å². The Kier molecular flexibility index (Phi) is 6.18. The fraction of sp³-hybridized carbons (Fsp3) is 0.273. The van der Waals surface area contributed by atoms with Gasteiger partial charge in [-0.15, -0.1) is 0 Å². The van der Waals surface area contributed by atoms with E-state index >= 15 is 0 Å². The highest BCUT2D eigenvalue weighted by molar-refractivity contribution is 8.04. The molecule has 2 amide bonds. The van der Waals surface area contributed by atoms with Crippen LogP contribution in [0.3, 0.4) is 0 Å². The molecule has 0 aliphatic carbocycles. The molecule has 2 aliphatic rings. The monoisotopic (exact) mass is 446 g/mol. The Morgan fingerprint density at radius 1 is 0.793 bits per heavy atom. The SMILES string of the molecule is O=C1C(Sc2ccc(Cl)cc2)=C(N2CCCCCC2)C(=O)N1c1ccccc1Cl. The van der Waals surface area contributed by atoms with E-state index in [0.717, 1.165) is 43.7 Å². The van der Waals surface area contributed by atoms with Gasteiger partial charge in [-0.1, -0.05) is 59.9 Å². The van der Waals surface area contributed by atoms with Gasteiger partial charge in [-0.25, -0.2) is 4.90 Å². The third-order valence-corrected chi connectivity index (χ3v) is 6.72. The van der Waals surface area contributed by atoms with Crippen molar-refractivity contribution in [2.24, 2.45) is 0 Å². The first-order chi connectivity index (χ1) is 14.1. The Balaban J connectivity index is 1.75. The summed E-state index contributed by atoms with van der Waals surface area (Å²) in [4.78, 5) is 31.4. The Bertz CT molecular complexity index is 967. The van der Waals surface area contributed by atoms with Crippen molar-refractivity contribution in [3.05, 3.63) is 69.2 Å². The van der Waals surface area contributed by atoms with E-state index in [-0.39, 0.29) is 11.8 Å². The molecule has 0 bridgehead atoms. The number of thioether (sulfide) groups is 1. The van der Waals surface area contributed by atoms with Crippen LogP contribution >= 0.6 is 35.0 Å². The number of hydrogen-bond acceptors (Lipinski definition) is 4. The maximum atomic E-state index is 13.4. The zero-order valence-electron chi connectivity index (χ0n) is 15.7. The van der Waals surface area contributed by atoms with E-state index in [1.165, 1.54) is 16.7 Å².